The van der Waals surface area contributed by atoms with Crippen molar-refractivity contribution in [3.63, 3.8) is 0 Å². The molecule has 3 atom stereocenters. The Balaban J connectivity index is 0.00000199. The van der Waals surface area contributed by atoms with Crippen molar-refractivity contribution in [2.75, 3.05) is 18.4 Å². The first-order valence-electron chi connectivity index (χ1n) is 11.8. The molecule has 2 N–H and O–H groups in total. The predicted molar refractivity (Wildman–Crippen MR) is 139 cm³/mol. The average molecular weight is 510 g/mol. The molecule has 1 aliphatic carbocycles. The van der Waals surface area contributed by atoms with Gasteiger partial charge < -0.3 is 10.6 Å². The number of nitrogens with zero attached hydrogens (tertiary/aromatic N) is 1. The monoisotopic (exact) mass is 509 g/mol. The molecule has 2 fully saturated rings. The van der Waals surface area contributed by atoms with Crippen molar-refractivity contribution in [2.24, 2.45) is 11.8 Å². The lowest BCUT2D eigenvalue weighted by atomic mass is 9.95. The number of hydrogen-bond donors (Lipinski definition) is 2. The second-order valence-electron chi connectivity index (χ2n) is 8.30. The quantitative estimate of drug-likeness (QED) is 0.216. The third-order valence-corrected chi connectivity index (χ3v) is 6.21. The van der Waals surface area contributed by atoms with E-state index in [1.54, 1.807) is 24.3 Å². The van der Waals surface area contributed by atoms with Crippen LogP contribution in [-0.2, 0) is 9.59 Å². The van der Waals surface area contributed by atoms with E-state index in [4.69, 9.17) is 23.2 Å². The molecule has 186 valence electrons. The maximum atomic E-state index is 15.3. The fraction of sp³-hybridized carbons (Fsp3) is 0.462. The summed E-state index contributed by atoms with van der Waals surface area (Å²) in [6.45, 7) is 8.77. The maximum Gasteiger partial charge on any atom is 0.242 e. The molecule has 2 unspecified atom stereocenters. The number of allylic oxidation sites excluding steroid dienone is 4. The number of rotatable bonds is 11. The van der Waals surface area contributed by atoms with E-state index in [1.165, 1.54) is 18.2 Å². The Bertz CT molecular complexity index is 902. The summed E-state index contributed by atoms with van der Waals surface area (Å²) >= 11 is 11.8. The van der Waals surface area contributed by atoms with Gasteiger partial charge in [0.2, 0.25) is 12.3 Å². The topological polar surface area (TPSA) is 61.4 Å². The van der Waals surface area contributed by atoms with Crippen LogP contribution in [0.5, 0.6) is 0 Å². The lowest BCUT2D eigenvalue weighted by Crippen LogP contribution is -2.47. The van der Waals surface area contributed by atoms with E-state index in [0.29, 0.717) is 47.5 Å². The molecule has 1 saturated heterocycles. The summed E-state index contributed by atoms with van der Waals surface area (Å²) in [4.78, 5) is 26.2. The summed E-state index contributed by atoms with van der Waals surface area (Å²) < 4.78 is 15.3. The van der Waals surface area contributed by atoms with Crippen molar-refractivity contribution in [1.29, 1.82) is 0 Å². The van der Waals surface area contributed by atoms with Crippen LogP contribution in [0.1, 0.15) is 39.5 Å². The van der Waals surface area contributed by atoms with Crippen LogP contribution in [0.4, 0.5) is 10.1 Å². The van der Waals surface area contributed by atoms with Crippen molar-refractivity contribution in [3.8, 4) is 0 Å². The van der Waals surface area contributed by atoms with Gasteiger partial charge >= 0.3 is 0 Å². The molecule has 0 spiro atoms. The second-order valence-corrected chi connectivity index (χ2v) is 9.22. The summed E-state index contributed by atoms with van der Waals surface area (Å²) in [6.07, 6.45) is 8.37. The number of hydrogen-bond acceptors (Lipinski definition) is 3. The fourth-order valence-corrected chi connectivity index (χ4v) is 4.48. The Labute approximate surface area is 212 Å². The number of carbonyl (C=O) groups is 2. The Morgan fingerprint density at radius 3 is 2.68 bits per heavy atom. The van der Waals surface area contributed by atoms with Crippen LogP contribution >= 0.6 is 23.2 Å². The highest BCUT2D eigenvalue weighted by Crippen LogP contribution is 2.41. The van der Waals surface area contributed by atoms with Gasteiger partial charge in [0.1, 0.15) is 5.83 Å². The fourth-order valence-electron chi connectivity index (χ4n) is 4.22. The largest absolute Gasteiger partial charge is 0.359 e. The third kappa shape index (κ3) is 8.57. The molecule has 2 amide bonds. The molecule has 1 saturated carbocycles. The lowest BCUT2D eigenvalue weighted by Gasteiger charge is -2.30. The summed E-state index contributed by atoms with van der Waals surface area (Å²) in [7, 11) is 0. The zero-order chi connectivity index (χ0) is 25.1. The highest BCUT2D eigenvalue weighted by Gasteiger charge is 2.48. The molecule has 2 aliphatic rings. The zero-order valence-corrected chi connectivity index (χ0v) is 21.3. The summed E-state index contributed by atoms with van der Waals surface area (Å²) in [6, 6.07) is 6.22. The van der Waals surface area contributed by atoms with Gasteiger partial charge in [0.05, 0.1) is 6.04 Å². The molecule has 0 bridgehead atoms. The zero-order valence-electron chi connectivity index (χ0n) is 19.8. The Hall–Kier alpha value is -2.15. The Kier molecular flexibility index (Phi) is 11.8. The van der Waals surface area contributed by atoms with Gasteiger partial charge in [-0.3, -0.25) is 14.5 Å². The van der Waals surface area contributed by atoms with Crippen LogP contribution in [0, 0.1) is 11.8 Å². The molecular formula is C26H34Cl2FN3O2. The van der Waals surface area contributed by atoms with Gasteiger partial charge in [-0.25, -0.2) is 4.39 Å². The number of benzene rings is 1. The molecular weight excluding hydrogens is 476 g/mol. The van der Waals surface area contributed by atoms with Crippen molar-refractivity contribution >= 4 is 41.2 Å². The van der Waals surface area contributed by atoms with Gasteiger partial charge in [-0.05, 0) is 62.0 Å². The number of carbonyl (C=O) groups excluding carboxylic acids is 2. The first-order valence-corrected chi connectivity index (χ1v) is 12.5. The number of likely N-dealkylation sites (tertiary alicyclic amines) is 1. The molecule has 0 radical (unpaired) electrons. The molecule has 1 aromatic carbocycles. The van der Waals surface area contributed by atoms with E-state index in [9.17, 15) is 9.59 Å². The second kappa shape index (κ2) is 14.3. The van der Waals surface area contributed by atoms with Crippen molar-refractivity contribution in [3.05, 3.63) is 65.0 Å². The van der Waals surface area contributed by atoms with Gasteiger partial charge in [0.25, 0.3) is 0 Å². The molecule has 0 aromatic heterocycles. The van der Waals surface area contributed by atoms with E-state index in [0.717, 1.165) is 19.4 Å². The van der Waals surface area contributed by atoms with Crippen molar-refractivity contribution in [2.45, 2.75) is 51.6 Å². The molecule has 34 heavy (non-hydrogen) atoms. The van der Waals surface area contributed by atoms with E-state index >= 15 is 4.39 Å². The molecule has 1 heterocycles. The maximum absolute atomic E-state index is 15.3. The van der Waals surface area contributed by atoms with Gasteiger partial charge in [0.15, 0.2) is 0 Å². The minimum absolute atomic E-state index is 0.0192. The van der Waals surface area contributed by atoms with Crippen LogP contribution in [0.15, 0.2) is 59.9 Å². The van der Waals surface area contributed by atoms with Gasteiger partial charge in [0, 0.05) is 40.8 Å². The minimum Gasteiger partial charge on any atom is -0.359 e. The van der Waals surface area contributed by atoms with Crippen LogP contribution in [0.25, 0.3) is 0 Å². The molecule has 1 aliphatic heterocycles. The smallest absolute Gasteiger partial charge is 0.242 e. The van der Waals surface area contributed by atoms with Gasteiger partial charge in [-0.1, -0.05) is 55.8 Å². The number of halogens is 3. The summed E-state index contributed by atoms with van der Waals surface area (Å²) in [5.74, 6) is -0.735. The summed E-state index contributed by atoms with van der Waals surface area (Å²) in [5.41, 5.74) is 0.571. The highest BCUT2D eigenvalue weighted by atomic mass is 35.5. The van der Waals surface area contributed by atoms with Crippen molar-refractivity contribution < 1.29 is 14.0 Å². The first-order chi connectivity index (χ1) is 16.4. The molecule has 8 heteroatoms. The lowest BCUT2D eigenvalue weighted by molar-refractivity contribution is -0.122. The van der Waals surface area contributed by atoms with E-state index in [1.807, 2.05) is 13.8 Å². The van der Waals surface area contributed by atoms with Crippen LogP contribution in [0.2, 0.25) is 5.02 Å². The van der Waals surface area contributed by atoms with Crippen LogP contribution in [-0.4, -0.2) is 42.4 Å². The van der Waals surface area contributed by atoms with E-state index in [2.05, 4.69) is 22.1 Å². The molecule has 5 nitrogen and oxygen atoms in total. The van der Waals surface area contributed by atoms with Gasteiger partial charge in [-0.2, -0.15) is 0 Å². The number of nitrogens with one attached hydrogen (secondary N) is 2. The normalized spacial score (nSPS) is 22.7. The number of anilines is 1. The van der Waals surface area contributed by atoms with Gasteiger partial charge in [-0.15, -0.1) is 0 Å². The van der Waals surface area contributed by atoms with Crippen LogP contribution < -0.4 is 10.6 Å². The standard InChI is InChI=1S/C24H28Cl2FN3O2.C2H6/c1-16(25)4-2-7-22(27)21-13-20(10-11-28-15-31)30(14-17-8-9-17)23(21)24(32)29-19-6-3-5-18(26)12-19;1-2/h2-7,12,15,17,20-21,23H,1,8-11,13-14H2,(H,28,31)(H,29,32);1-2H3/b4-2-,22-7-;/t20-,21?,23?;/m0./s1. The van der Waals surface area contributed by atoms with E-state index in [-0.39, 0.29) is 17.8 Å². The Morgan fingerprint density at radius 1 is 1.32 bits per heavy atom. The summed E-state index contributed by atoms with van der Waals surface area (Å²) in [5, 5.41) is 6.40. The minimum atomic E-state index is -0.667. The third-order valence-electron chi connectivity index (χ3n) is 5.85. The SMILES string of the molecule is C=C(Cl)/C=C\C=C(/F)C1C[C@H](CCNC=O)N(CC2CC2)C1C(=O)Nc1cccc(Cl)c1.CC. The predicted octanol–water partition coefficient (Wildman–Crippen LogP) is 6.07. The average Bonchev–Trinajstić information content (AvgIpc) is 3.55. The molecule has 1 aromatic rings. The highest BCUT2D eigenvalue weighted by molar-refractivity contribution is 6.31. The van der Waals surface area contributed by atoms with Crippen LogP contribution in [0.3, 0.4) is 0 Å². The molecule has 3 rings (SSSR count). The Morgan fingerprint density at radius 2 is 2.06 bits per heavy atom. The first kappa shape index (κ1) is 28.1. The number of amides is 2. The van der Waals surface area contributed by atoms with Crippen molar-refractivity contribution in [1.82, 2.24) is 10.2 Å². The van der Waals surface area contributed by atoms with E-state index < -0.39 is 12.0 Å².